The molecule has 0 saturated carbocycles. The van der Waals surface area contributed by atoms with Crippen molar-refractivity contribution >= 4 is 22.5 Å². The lowest BCUT2D eigenvalue weighted by molar-refractivity contribution is -0.119. The molecule has 7 heteroatoms. The molecule has 1 aliphatic heterocycles. The minimum atomic E-state index is -0.0979. The molecular formula is C16H18N6O. The van der Waals surface area contributed by atoms with E-state index >= 15 is 0 Å². The van der Waals surface area contributed by atoms with Gasteiger partial charge in [0.2, 0.25) is 5.91 Å². The van der Waals surface area contributed by atoms with E-state index in [2.05, 4.69) is 25.9 Å². The van der Waals surface area contributed by atoms with Crippen LogP contribution in [0.15, 0.2) is 36.8 Å². The van der Waals surface area contributed by atoms with E-state index in [1.165, 1.54) is 0 Å². The lowest BCUT2D eigenvalue weighted by Gasteiger charge is -2.17. The van der Waals surface area contributed by atoms with E-state index in [0.717, 1.165) is 28.7 Å². The van der Waals surface area contributed by atoms with Gasteiger partial charge in [-0.1, -0.05) is 0 Å². The third kappa shape index (κ3) is 2.59. The molecule has 0 bridgehead atoms. The van der Waals surface area contributed by atoms with Gasteiger partial charge in [0.05, 0.1) is 23.8 Å². The zero-order chi connectivity index (χ0) is 15.8. The van der Waals surface area contributed by atoms with E-state index in [1.807, 2.05) is 37.6 Å². The van der Waals surface area contributed by atoms with Crippen LogP contribution in [-0.4, -0.2) is 39.0 Å². The first-order valence-corrected chi connectivity index (χ1v) is 7.64. The Labute approximate surface area is 133 Å². The predicted molar refractivity (Wildman–Crippen MR) is 87.0 cm³/mol. The monoisotopic (exact) mass is 310 g/mol. The van der Waals surface area contributed by atoms with Crippen molar-refractivity contribution in [3.8, 4) is 0 Å². The fourth-order valence-electron chi connectivity index (χ4n) is 3.19. The van der Waals surface area contributed by atoms with Crippen LogP contribution in [0, 0.1) is 5.92 Å². The van der Waals surface area contributed by atoms with E-state index in [1.54, 1.807) is 10.9 Å². The first-order valence-electron chi connectivity index (χ1n) is 7.64. The number of carbonyl (C=O) groups excluding carboxylic acids is 1. The Morgan fingerprint density at radius 1 is 1.35 bits per heavy atom. The molecule has 0 radical (unpaired) electrons. The number of aromatic amines is 1. The molecule has 2 aromatic heterocycles. The molecule has 0 spiro atoms. The second kappa shape index (κ2) is 5.51. The van der Waals surface area contributed by atoms with Crippen LogP contribution in [0.4, 0.5) is 5.69 Å². The molecule has 118 valence electrons. The van der Waals surface area contributed by atoms with Crippen LogP contribution in [0.25, 0.3) is 10.9 Å². The highest BCUT2D eigenvalue weighted by molar-refractivity contribution is 5.95. The molecule has 1 aliphatic rings. The zero-order valence-corrected chi connectivity index (χ0v) is 12.8. The van der Waals surface area contributed by atoms with Gasteiger partial charge in [-0.15, -0.1) is 0 Å². The van der Waals surface area contributed by atoms with Crippen molar-refractivity contribution in [3.05, 3.63) is 42.4 Å². The summed E-state index contributed by atoms with van der Waals surface area (Å²) < 4.78 is 1.77. The molecule has 4 rings (SSSR count). The van der Waals surface area contributed by atoms with Gasteiger partial charge in [-0.3, -0.25) is 14.6 Å². The highest BCUT2D eigenvalue weighted by Crippen LogP contribution is 2.29. The number of H-pyrrole nitrogens is 1. The summed E-state index contributed by atoms with van der Waals surface area (Å²) in [7, 11) is 1.89. The quantitative estimate of drug-likeness (QED) is 0.679. The summed E-state index contributed by atoms with van der Waals surface area (Å²) in [6, 6.07) is 5.74. The number of carbonyl (C=O) groups is 1. The number of amides is 1. The fraction of sp³-hybridized carbons (Fsp3) is 0.312. The maximum Gasteiger partial charge on any atom is 0.229 e. The zero-order valence-electron chi connectivity index (χ0n) is 12.8. The largest absolute Gasteiger partial charge is 0.326 e. The molecule has 3 aromatic rings. The first kappa shape index (κ1) is 14.0. The summed E-state index contributed by atoms with van der Waals surface area (Å²) in [4.78, 5) is 12.7. The van der Waals surface area contributed by atoms with Crippen LogP contribution in [0.2, 0.25) is 0 Å². The normalized spacial score (nSPS) is 20.9. The highest BCUT2D eigenvalue weighted by Gasteiger charge is 2.34. The van der Waals surface area contributed by atoms with Gasteiger partial charge in [-0.05, 0) is 23.8 Å². The minimum Gasteiger partial charge on any atom is -0.326 e. The van der Waals surface area contributed by atoms with Gasteiger partial charge < -0.3 is 10.6 Å². The topological polar surface area (TPSA) is 87.6 Å². The number of hydrogen-bond donors (Lipinski definition) is 3. The number of nitrogens with zero attached hydrogens (tertiary/aromatic N) is 3. The van der Waals surface area contributed by atoms with Crippen molar-refractivity contribution in [2.24, 2.45) is 13.0 Å². The second-order valence-corrected chi connectivity index (χ2v) is 5.98. The fourth-order valence-corrected chi connectivity index (χ4v) is 3.19. The SMILES string of the molecule is Cn1cc([C@H]2CNC[C@@H]2C(=O)Nc2ccc3[nH]ncc3c2)cn1. The number of rotatable bonds is 3. The van der Waals surface area contributed by atoms with Gasteiger partial charge in [-0.25, -0.2) is 0 Å². The van der Waals surface area contributed by atoms with Crippen LogP contribution in [-0.2, 0) is 11.8 Å². The maximum atomic E-state index is 12.7. The Morgan fingerprint density at radius 3 is 3.09 bits per heavy atom. The molecule has 1 aromatic carbocycles. The van der Waals surface area contributed by atoms with E-state index in [9.17, 15) is 4.79 Å². The summed E-state index contributed by atoms with van der Waals surface area (Å²) in [6.45, 7) is 1.48. The summed E-state index contributed by atoms with van der Waals surface area (Å²) in [5.74, 6) is 0.0901. The van der Waals surface area contributed by atoms with Crippen LogP contribution in [0.3, 0.4) is 0 Å². The Kier molecular flexibility index (Phi) is 3.34. The molecule has 23 heavy (non-hydrogen) atoms. The third-order valence-corrected chi connectivity index (χ3v) is 4.41. The number of anilines is 1. The van der Waals surface area contributed by atoms with Crippen molar-refractivity contribution in [2.75, 3.05) is 18.4 Å². The average molecular weight is 310 g/mol. The molecule has 0 aliphatic carbocycles. The number of hydrogen-bond acceptors (Lipinski definition) is 4. The lowest BCUT2D eigenvalue weighted by Crippen LogP contribution is -2.28. The first-order chi connectivity index (χ1) is 11.2. The van der Waals surface area contributed by atoms with Gasteiger partial charge in [-0.2, -0.15) is 10.2 Å². The van der Waals surface area contributed by atoms with Crippen LogP contribution in [0.5, 0.6) is 0 Å². The number of benzene rings is 1. The number of aryl methyl sites for hydroxylation is 1. The van der Waals surface area contributed by atoms with Crippen molar-refractivity contribution in [2.45, 2.75) is 5.92 Å². The van der Waals surface area contributed by atoms with E-state index in [-0.39, 0.29) is 17.7 Å². The maximum absolute atomic E-state index is 12.7. The summed E-state index contributed by atoms with van der Waals surface area (Å²) >= 11 is 0. The minimum absolute atomic E-state index is 0.0340. The Balaban J connectivity index is 1.53. The smallest absolute Gasteiger partial charge is 0.229 e. The predicted octanol–water partition coefficient (Wildman–Crippen LogP) is 1.24. The van der Waals surface area contributed by atoms with E-state index in [4.69, 9.17) is 0 Å². The molecule has 3 heterocycles. The van der Waals surface area contributed by atoms with Crippen LogP contribution < -0.4 is 10.6 Å². The number of fused-ring (bicyclic) bond motifs is 1. The standard InChI is InChI=1S/C16H18N6O/c1-22-9-11(6-19-22)13-7-17-8-14(13)16(23)20-12-2-3-15-10(4-12)5-18-21-15/h2-6,9,13-14,17H,7-8H2,1H3,(H,18,21)(H,20,23)/t13-,14+/m1/s1. The van der Waals surface area contributed by atoms with Gasteiger partial charge in [0.1, 0.15) is 0 Å². The van der Waals surface area contributed by atoms with Gasteiger partial charge in [0.15, 0.2) is 0 Å². The molecule has 3 N–H and O–H groups in total. The van der Waals surface area contributed by atoms with Gasteiger partial charge >= 0.3 is 0 Å². The van der Waals surface area contributed by atoms with Crippen molar-refractivity contribution in [1.82, 2.24) is 25.3 Å². The molecule has 0 unspecified atom stereocenters. The third-order valence-electron chi connectivity index (χ3n) is 4.41. The summed E-state index contributed by atoms with van der Waals surface area (Å²) in [5, 5.41) is 18.4. The van der Waals surface area contributed by atoms with Crippen molar-refractivity contribution in [1.29, 1.82) is 0 Å². The molecule has 1 fully saturated rings. The average Bonchev–Trinajstić information content (AvgIpc) is 3.26. The van der Waals surface area contributed by atoms with Crippen LogP contribution >= 0.6 is 0 Å². The molecular weight excluding hydrogens is 292 g/mol. The summed E-state index contributed by atoms with van der Waals surface area (Å²) in [6.07, 6.45) is 5.57. The molecule has 7 nitrogen and oxygen atoms in total. The molecule has 1 amide bonds. The van der Waals surface area contributed by atoms with Gasteiger partial charge in [0.25, 0.3) is 0 Å². The molecule has 1 saturated heterocycles. The summed E-state index contributed by atoms with van der Waals surface area (Å²) in [5.41, 5.74) is 2.85. The van der Waals surface area contributed by atoms with Crippen molar-refractivity contribution in [3.63, 3.8) is 0 Å². The van der Waals surface area contributed by atoms with Crippen molar-refractivity contribution < 1.29 is 4.79 Å². The number of nitrogens with one attached hydrogen (secondary N) is 3. The Hall–Kier alpha value is -2.67. The second-order valence-electron chi connectivity index (χ2n) is 5.98. The Morgan fingerprint density at radius 2 is 2.26 bits per heavy atom. The van der Waals surface area contributed by atoms with Gasteiger partial charge in [0, 0.05) is 43.3 Å². The lowest BCUT2D eigenvalue weighted by atomic mass is 9.90. The van der Waals surface area contributed by atoms with Crippen LogP contribution in [0.1, 0.15) is 11.5 Å². The number of aromatic nitrogens is 4. The Bertz CT molecular complexity index is 851. The van der Waals surface area contributed by atoms with E-state index in [0.29, 0.717) is 6.54 Å². The highest BCUT2D eigenvalue weighted by atomic mass is 16.1. The van der Waals surface area contributed by atoms with E-state index < -0.39 is 0 Å². The molecule has 2 atom stereocenters.